The smallest absolute Gasteiger partial charge is 0.232 e. The van der Waals surface area contributed by atoms with Gasteiger partial charge in [0.05, 0.1) is 6.10 Å². The predicted octanol–water partition coefficient (Wildman–Crippen LogP) is 3.65. The van der Waals surface area contributed by atoms with Gasteiger partial charge in [0.25, 0.3) is 0 Å². The zero-order valence-corrected chi connectivity index (χ0v) is 21.5. The van der Waals surface area contributed by atoms with E-state index in [1.165, 1.54) is 24.9 Å². The third-order valence-corrected chi connectivity index (χ3v) is 7.51. The van der Waals surface area contributed by atoms with Gasteiger partial charge in [-0.3, -0.25) is 0 Å². The molecule has 0 spiro atoms. The lowest BCUT2D eigenvalue weighted by molar-refractivity contribution is 0.114. The summed E-state index contributed by atoms with van der Waals surface area (Å²) in [7, 11) is 0. The van der Waals surface area contributed by atoms with Crippen molar-refractivity contribution in [2.75, 3.05) is 65.9 Å². The standard InChI is InChI=1S/C26H37N7OS/c1-20-8-5-6-12-33(20)24-18-23(32-15-13-31(14-16-32)21-9-3-2-4-10-21)28-25(29-24)30-26(35)27-19-22-11-7-17-34-22/h2-4,9-10,18,20,22H,5-8,11-17,19H2,1H3,(H2,27,28,29,30,35). The van der Waals surface area contributed by atoms with E-state index in [2.05, 4.69) is 68.7 Å². The number of rotatable bonds is 6. The van der Waals surface area contributed by atoms with Crippen LogP contribution in [0.25, 0.3) is 0 Å². The van der Waals surface area contributed by atoms with Crippen LogP contribution in [0.15, 0.2) is 36.4 Å². The quantitative estimate of drug-likeness (QED) is 0.585. The Kier molecular flexibility index (Phi) is 7.83. The number of anilines is 4. The highest BCUT2D eigenvalue weighted by Crippen LogP contribution is 2.28. The van der Waals surface area contributed by atoms with Gasteiger partial charge in [0.2, 0.25) is 5.95 Å². The minimum absolute atomic E-state index is 0.229. The second-order valence-corrected chi connectivity index (χ2v) is 10.1. The molecule has 0 amide bonds. The molecular weight excluding hydrogens is 458 g/mol. The maximum Gasteiger partial charge on any atom is 0.232 e. The minimum Gasteiger partial charge on any atom is -0.376 e. The molecule has 2 aromatic rings. The molecule has 2 unspecified atom stereocenters. The third kappa shape index (κ3) is 6.13. The van der Waals surface area contributed by atoms with Crippen LogP contribution in [0.1, 0.15) is 39.0 Å². The zero-order valence-electron chi connectivity index (χ0n) is 20.7. The molecule has 1 aromatic carbocycles. The summed E-state index contributed by atoms with van der Waals surface area (Å²) in [4.78, 5) is 17.0. The van der Waals surface area contributed by atoms with Crippen molar-refractivity contribution in [3.05, 3.63) is 36.4 Å². The lowest BCUT2D eigenvalue weighted by atomic mass is 10.0. The number of para-hydroxylation sites is 1. The molecule has 188 valence electrons. The van der Waals surface area contributed by atoms with Crippen LogP contribution < -0.4 is 25.3 Å². The van der Waals surface area contributed by atoms with E-state index in [4.69, 9.17) is 26.9 Å². The number of hydrogen-bond acceptors (Lipinski definition) is 7. The molecule has 8 nitrogen and oxygen atoms in total. The van der Waals surface area contributed by atoms with Crippen molar-refractivity contribution in [2.45, 2.75) is 51.2 Å². The van der Waals surface area contributed by atoms with Crippen LogP contribution in [0, 0.1) is 0 Å². The largest absolute Gasteiger partial charge is 0.376 e. The monoisotopic (exact) mass is 495 g/mol. The molecule has 35 heavy (non-hydrogen) atoms. The van der Waals surface area contributed by atoms with Crippen LogP contribution >= 0.6 is 12.2 Å². The fourth-order valence-electron chi connectivity index (χ4n) is 5.22. The molecule has 9 heteroatoms. The molecule has 0 saturated carbocycles. The van der Waals surface area contributed by atoms with Crippen molar-refractivity contribution >= 4 is 40.6 Å². The number of ether oxygens (including phenoxy) is 1. The molecule has 0 bridgehead atoms. The normalized spacial score (nSPS) is 22.8. The summed E-state index contributed by atoms with van der Waals surface area (Å²) in [5.74, 6) is 2.51. The summed E-state index contributed by atoms with van der Waals surface area (Å²) in [6, 6.07) is 13.3. The second kappa shape index (κ2) is 11.4. The molecule has 2 N–H and O–H groups in total. The van der Waals surface area contributed by atoms with E-state index in [0.717, 1.165) is 63.8 Å². The van der Waals surface area contributed by atoms with Gasteiger partial charge in [-0.25, -0.2) is 0 Å². The van der Waals surface area contributed by atoms with Crippen molar-refractivity contribution in [1.29, 1.82) is 0 Å². The highest BCUT2D eigenvalue weighted by molar-refractivity contribution is 7.80. The average molecular weight is 496 g/mol. The Labute approximate surface area is 214 Å². The van der Waals surface area contributed by atoms with Gasteiger partial charge in [0.15, 0.2) is 5.11 Å². The first-order valence-electron chi connectivity index (χ1n) is 13.0. The highest BCUT2D eigenvalue weighted by atomic mass is 32.1. The van der Waals surface area contributed by atoms with Crippen molar-refractivity contribution < 1.29 is 4.74 Å². The van der Waals surface area contributed by atoms with E-state index in [9.17, 15) is 0 Å². The number of nitrogens with zero attached hydrogens (tertiary/aromatic N) is 5. The Balaban J connectivity index is 1.30. The average Bonchev–Trinajstić information content (AvgIpc) is 3.42. The number of hydrogen-bond donors (Lipinski definition) is 2. The highest BCUT2D eigenvalue weighted by Gasteiger charge is 2.24. The summed E-state index contributed by atoms with van der Waals surface area (Å²) in [5.41, 5.74) is 1.28. The van der Waals surface area contributed by atoms with Gasteiger partial charge in [-0.05, 0) is 63.4 Å². The van der Waals surface area contributed by atoms with Crippen LogP contribution in [0.4, 0.5) is 23.3 Å². The van der Waals surface area contributed by atoms with E-state index < -0.39 is 0 Å². The van der Waals surface area contributed by atoms with Crippen molar-refractivity contribution in [1.82, 2.24) is 15.3 Å². The van der Waals surface area contributed by atoms with Gasteiger partial charge >= 0.3 is 0 Å². The van der Waals surface area contributed by atoms with Crippen LogP contribution in [0.2, 0.25) is 0 Å². The Bertz CT molecular complexity index is 977. The van der Waals surface area contributed by atoms with Gasteiger partial charge in [-0.2, -0.15) is 9.97 Å². The molecule has 3 fully saturated rings. The number of benzene rings is 1. The molecule has 4 heterocycles. The summed E-state index contributed by atoms with van der Waals surface area (Å²) in [5, 5.41) is 7.08. The Morgan fingerprint density at radius 1 is 0.971 bits per heavy atom. The number of piperazine rings is 1. The summed E-state index contributed by atoms with van der Waals surface area (Å²) < 4.78 is 5.70. The maximum absolute atomic E-state index is 5.70. The van der Waals surface area contributed by atoms with Crippen LogP contribution in [-0.4, -0.2) is 73.1 Å². The van der Waals surface area contributed by atoms with Gasteiger partial charge in [-0.1, -0.05) is 18.2 Å². The fourth-order valence-corrected chi connectivity index (χ4v) is 5.39. The molecule has 0 radical (unpaired) electrons. The number of thiocarbonyl (C=S) groups is 1. The Morgan fingerprint density at radius 3 is 2.49 bits per heavy atom. The number of piperidine rings is 1. The molecule has 1 aromatic heterocycles. The van der Waals surface area contributed by atoms with E-state index in [-0.39, 0.29) is 6.10 Å². The van der Waals surface area contributed by atoms with Gasteiger partial charge in [-0.15, -0.1) is 0 Å². The van der Waals surface area contributed by atoms with E-state index >= 15 is 0 Å². The number of nitrogens with one attached hydrogen (secondary N) is 2. The lowest BCUT2D eigenvalue weighted by Gasteiger charge is -2.38. The third-order valence-electron chi connectivity index (χ3n) is 7.26. The van der Waals surface area contributed by atoms with Crippen LogP contribution in [-0.2, 0) is 4.74 Å². The van der Waals surface area contributed by atoms with Crippen LogP contribution in [0.3, 0.4) is 0 Å². The first kappa shape index (κ1) is 24.1. The van der Waals surface area contributed by atoms with Crippen molar-refractivity contribution in [3.8, 4) is 0 Å². The summed E-state index contributed by atoms with van der Waals surface area (Å²) in [6.45, 7) is 8.64. The first-order chi connectivity index (χ1) is 17.2. The Morgan fingerprint density at radius 2 is 1.74 bits per heavy atom. The Hall–Kier alpha value is -2.65. The number of aromatic nitrogens is 2. The van der Waals surface area contributed by atoms with E-state index in [0.29, 0.717) is 23.6 Å². The lowest BCUT2D eigenvalue weighted by Crippen LogP contribution is -2.47. The van der Waals surface area contributed by atoms with Crippen molar-refractivity contribution in [3.63, 3.8) is 0 Å². The minimum atomic E-state index is 0.229. The van der Waals surface area contributed by atoms with E-state index in [1.54, 1.807) is 0 Å². The first-order valence-corrected chi connectivity index (χ1v) is 13.4. The van der Waals surface area contributed by atoms with Gasteiger partial charge in [0, 0.05) is 63.7 Å². The summed E-state index contributed by atoms with van der Waals surface area (Å²) in [6.07, 6.45) is 6.09. The molecular formula is C26H37N7OS. The SMILES string of the molecule is CC1CCCCN1c1cc(N2CCN(c3ccccc3)CC2)nc(NC(=S)NCC2CCCO2)n1. The molecule has 5 rings (SSSR count). The second-order valence-electron chi connectivity index (χ2n) is 9.73. The topological polar surface area (TPSA) is 68.8 Å². The maximum atomic E-state index is 5.70. The fraction of sp³-hybridized carbons (Fsp3) is 0.577. The van der Waals surface area contributed by atoms with Crippen molar-refractivity contribution in [2.24, 2.45) is 0 Å². The van der Waals surface area contributed by atoms with Crippen LogP contribution in [0.5, 0.6) is 0 Å². The van der Waals surface area contributed by atoms with Gasteiger partial charge in [0.1, 0.15) is 11.6 Å². The molecule has 3 aliphatic rings. The molecule has 3 saturated heterocycles. The summed E-state index contributed by atoms with van der Waals surface area (Å²) >= 11 is 5.57. The zero-order chi connectivity index (χ0) is 24.0. The molecule has 0 aliphatic carbocycles. The molecule has 3 aliphatic heterocycles. The predicted molar refractivity (Wildman–Crippen MR) is 147 cm³/mol. The molecule has 2 atom stereocenters. The van der Waals surface area contributed by atoms with E-state index in [1.807, 2.05) is 0 Å². The van der Waals surface area contributed by atoms with Gasteiger partial charge < -0.3 is 30.1 Å².